The molecule has 164 valence electrons. The second kappa shape index (κ2) is 14.4. The van der Waals surface area contributed by atoms with Crippen LogP contribution in [0.1, 0.15) is 38.2 Å². The monoisotopic (exact) mass is 517 g/mol. The number of guanidine groups is 1. The Balaban J connectivity index is 0.00000420. The van der Waals surface area contributed by atoms with Crippen molar-refractivity contribution in [3.8, 4) is 5.75 Å². The minimum atomic E-state index is 0. The van der Waals surface area contributed by atoms with Crippen molar-refractivity contribution in [1.82, 2.24) is 20.9 Å². The normalized spacial score (nSPS) is 15.4. The first kappa shape index (κ1) is 25.5. The van der Waals surface area contributed by atoms with E-state index in [-0.39, 0.29) is 29.9 Å². The SMILES string of the molecule is CCCNC(=O)CN1CCC(NC(=NC)NCCCc2ccc(O)cc2)CC1.I. The van der Waals surface area contributed by atoms with Gasteiger partial charge < -0.3 is 21.1 Å². The van der Waals surface area contributed by atoms with Crippen LogP contribution in [0.15, 0.2) is 29.3 Å². The molecule has 0 saturated carbocycles. The third kappa shape index (κ3) is 10.2. The van der Waals surface area contributed by atoms with Crippen LogP contribution >= 0.6 is 24.0 Å². The van der Waals surface area contributed by atoms with Crippen molar-refractivity contribution >= 4 is 35.8 Å². The van der Waals surface area contributed by atoms with Crippen LogP contribution in [0.2, 0.25) is 0 Å². The molecule has 1 aliphatic heterocycles. The molecule has 2 rings (SSSR count). The molecule has 8 heteroatoms. The van der Waals surface area contributed by atoms with E-state index in [1.807, 2.05) is 12.1 Å². The zero-order valence-corrected chi connectivity index (χ0v) is 19.9. The van der Waals surface area contributed by atoms with Crippen LogP contribution in [0, 0.1) is 0 Å². The topological polar surface area (TPSA) is 89.0 Å². The van der Waals surface area contributed by atoms with Crippen LogP contribution in [-0.4, -0.2) is 67.7 Å². The molecular weight excluding hydrogens is 481 g/mol. The van der Waals surface area contributed by atoms with Gasteiger partial charge in [-0.3, -0.25) is 14.7 Å². The number of hydrogen-bond donors (Lipinski definition) is 4. The Morgan fingerprint density at radius 1 is 1.17 bits per heavy atom. The molecule has 0 radical (unpaired) electrons. The number of benzene rings is 1. The van der Waals surface area contributed by atoms with Gasteiger partial charge in [-0.2, -0.15) is 0 Å². The lowest BCUT2D eigenvalue weighted by Gasteiger charge is -2.32. The molecule has 1 amide bonds. The maximum Gasteiger partial charge on any atom is 0.234 e. The lowest BCUT2D eigenvalue weighted by atomic mass is 10.1. The van der Waals surface area contributed by atoms with Gasteiger partial charge in [0.2, 0.25) is 5.91 Å². The summed E-state index contributed by atoms with van der Waals surface area (Å²) in [4.78, 5) is 18.4. The van der Waals surface area contributed by atoms with E-state index >= 15 is 0 Å². The quantitative estimate of drug-likeness (QED) is 0.175. The number of nitrogens with one attached hydrogen (secondary N) is 3. The van der Waals surface area contributed by atoms with Crippen molar-refractivity contribution in [3.05, 3.63) is 29.8 Å². The fraction of sp³-hybridized carbons (Fsp3) is 0.619. The van der Waals surface area contributed by atoms with Gasteiger partial charge in [-0.1, -0.05) is 19.1 Å². The maximum absolute atomic E-state index is 11.8. The Hall–Kier alpha value is -1.55. The van der Waals surface area contributed by atoms with Gasteiger partial charge in [-0.25, -0.2) is 0 Å². The third-order valence-electron chi connectivity index (χ3n) is 4.96. The van der Waals surface area contributed by atoms with E-state index in [2.05, 4.69) is 32.8 Å². The van der Waals surface area contributed by atoms with Gasteiger partial charge in [0.05, 0.1) is 6.54 Å². The minimum Gasteiger partial charge on any atom is -0.508 e. The summed E-state index contributed by atoms with van der Waals surface area (Å²) in [6, 6.07) is 7.75. The Labute approximate surface area is 191 Å². The molecule has 0 bridgehead atoms. The van der Waals surface area contributed by atoms with Gasteiger partial charge in [0.25, 0.3) is 0 Å². The van der Waals surface area contributed by atoms with E-state index in [1.54, 1.807) is 19.2 Å². The molecule has 0 unspecified atom stereocenters. The number of phenols is 1. The molecule has 1 saturated heterocycles. The number of phenolic OH excluding ortho intramolecular Hbond substituents is 1. The van der Waals surface area contributed by atoms with Gasteiger partial charge in [0.15, 0.2) is 5.96 Å². The second-order valence-electron chi connectivity index (χ2n) is 7.31. The average molecular weight is 517 g/mol. The van der Waals surface area contributed by atoms with Crippen molar-refractivity contribution < 1.29 is 9.90 Å². The van der Waals surface area contributed by atoms with Crippen LogP contribution in [0.4, 0.5) is 0 Å². The number of hydrogen-bond acceptors (Lipinski definition) is 4. The molecule has 7 nitrogen and oxygen atoms in total. The number of piperidine rings is 1. The number of aryl methyl sites for hydroxylation is 1. The Kier molecular flexibility index (Phi) is 12.7. The minimum absolute atomic E-state index is 0. The number of carbonyl (C=O) groups excluding carboxylic acids is 1. The van der Waals surface area contributed by atoms with E-state index in [1.165, 1.54) is 5.56 Å². The number of likely N-dealkylation sites (tertiary alicyclic amines) is 1. The van der Waals surface area contributed by atoms with E-state index in [4.69, 9.17) is 0 Å². The molecule has 0 aromatic heterocycles. The van der Waals surface area contributed by atoms with Crippen molar-refractivity contribution in [3.63, 3.8) is 0 Å². The number of aromatic hydroxyl groups is 1. The van der Waals surface area contributed by atoms with Crippen LogP contribution in [0.3, 0.4) is 0 Å². The predicted molar refractivity (Wildman–Crippen MR) is 129 cm³/mol. The highest BCUT2D eigenvalue weighted by atomic mass is 127. The Morgan fingerprint density at radius 2 is 1.86 bits per heavy atom. The smallest absolute Gasteiger partial charge is 0.234 e. The van der Waals surface area contributed by atoms with Gasteiger partial charge in [0, 0.05) is 39.3 Å². The first-order valence-electron chi connectivity index (χ1n) is 10.3. The number of carbonyl (C=O) groups is 1. The Morgan fingerprint density at radius 3 is 2.48 bits per heavy atom. The standard InChI is InChI=1S/C21H35N5O2.HI/c1-3-12-23-20(28)16-26-14-10-18(11-15-26)25-21(22-2)24-13-4-5-17-6-8-19(27)9-7-17;/h6-9,18,27H,3-5,10-16H2,1-2H3,(H,23,28)(H2,22,24,25);1H. The molecule has 0 aliphatic carbocycles. The third-order valence-corrected chi connectivity index (χ3v) is 4.96. The number of halogens is 1. The Bertz CT molecular complexity index is 616. The van der Waals surface area contributed by atoms with Gasteiger partial charge in [-0.15, -0.1) is 24.0 Å². The predicted octanol–water partition coefficient (Wildman–Crippen LogP) is 2.10. The maximum atomic E-state index is 11.8. The molecular formula is C21H36IN5O2. The summed E-state index contributed by atoms with van der Waals surface area (Å²) in [6.45, 7) is 6.01. The molecule has 0 spiro atoms. The zero-order valence-electron chi connectivity index (χ0n) is 17.6. The summed E-state index contributed by atoms with van der Waals surface area (Å²) in [7, 11) is 1.79. The van der Waals surface area contributed by atoms with Gasteiger partial charge in [-0.05, 0) is 49.8 Å². The molecule has 1 aliphatic rings. The summed E-state index contributed by atoms with van der Waals surface area (Å²) >= 11 is 0. The van der Waals surface area contributed by atoms with Gasteiger partial charge in [0.1, 0.15) is 5.75 Å². The van der Waals surface area contributed by atoms with Gasteiger partial charge >= 0.3 is 0 Å². The molecule has 1 heterocycles. The summed E-state index contributed by atoms with van der Waals surface area (Å²) in [5.74, 6) is 1.27. The van der Waals surface area contributed by atoms with Crippen LogP contribution in [-0.2, 0) is 11.2 Å². The largest absolute Gasteiger partial charge is 0.508 e. The summed E-state index contributed by atoms with van der Waals surface area (Å²) < 4.78 is 0. The van der Waals surface area contributed by atoms with Crippen LogP contribution < -0.4 is 16.0 Å². The van der Waals surface area contributed by atoms with Crippen LogP contribution in [0.5, 0.6) is 5.75 Å². The van der Waals surface area contributed by atoms with Crippen molar-refractivity contribution in [2.24, 2.45) is 4.99 Å². The first-order valence-corrected chi connectivity index (χ1v) is 10.3. The van der Waals surface area contributed by atoms with Crippen molar-refractivity contribution in [2.75, 3.05) is 39.8 Å². The average Bonchev–Trinajstić information content (AvgIpc) is 2.71. The molecule has 29 heavy (non-hydrogen) atoms. The summed E-state index contributed by atoms with van der Waals surface area (Å²) in [5, 5.41) is 19.1. The number of amides is 1. The van der Waals surface area contributed by atoms with Crippen molar-refractivity contribution in [2.45, 2.75) is 45.1 Å². The summed E-state index contributed by atoms with van der Waals surface area (Å²) in [6.07, 6.45) is 4.95. The fourth-order valence-corrected chi connectivity index (χ4v) is 3.31. The highest BCUT2D eigenvalue weighted by molar-refractivity contribution is 14.0. The van der Waals surface area contributed by atoms with E-state index in [0.717, 1.165) is 64.2 Å². The zero-order chi connectivity index (χ0) is 20.2. The van der Waals surface area contributed by atoms with Crippen LogP contribution in [0.25, 0.3) is 0 Å². The molecule has 1 fully saturated rings. The van der Waals surface area contributed by atoms with E-state index in [9.17, 15) is 9.90 Å². The molecule has 0 atom stereocenters. The number of rotatable bonds is 9. The number of aliphatic imine (C=N–C) groups is 1. The first-order chi connectivity index (χ1) is 13.6. The summed E-state index contributed by atoms with van der Waals surface area (Å²) in [5.41, 5.74) is 1.22. The lowest BCUT2D eigenvalue weighted by Crippen LogP contribution is -2.50. The molecule has 1 aromatic rings. The highest BCUT2D eigenvalue weighted by Gasteiger charge is 2.21. The molecule has 1 aromatic carbocycles. The second-order valence-corrected chi connectivity index (χ2v) is 7.31. The molecule has 4 N–H and O–H groups in total. The lowest BCUT2D eigenvalue weighted by molar-refractivity contribution is -0.122. The fourth-order valence-electron chi connectivity index (χ4n) is 3.31. The number of nitrogens with zero attached hydrogens (tertiary/aromatic N) is 2. The highest BCUT2D eigenvalue weighted by Crippen LogP contribution is 2.11. The van der Waals surface area contributed by atoms with E-state index < -0.39 is 0 Å². The van der Waals surface area contributed by atoms with E-state index in [0.29, 0.717) is 18.3 Å². The van der Waals surface area contributed by atoms with Crippen molar-refractivity contribution in [1.29, 1.82) is 0 Å².